The SMILES string of the molecule is COc1cccc(CNC(=O)c2occc2C)c1OC. The summed E-state index contributed by atoms with van der Waals surface area (Å²) in [5.74, 6) is 1.32. The average Bonchev–Trinajstić information content (AvgIpc) is 2.90. The van der Waals surface area contributed by atoms with E-state index in [1.165, 1.54) is 6.26 Å². The number of hydrogen-bond acceptors (Lipinski definition) is 4. The minimum Gasteiger partial charge on any atom is -0.493 e. The predicted molar refractivity (Wildman–Crippen MR) is 74.2 cm³/mol. The molecule has 106 valence electrons. The molecule has 0 radical (unpaired) electrons. The second kappa shape index (κ2) is 6.14. The molecule has 1 aromatic heterocycles. The highest BCUT2D eigenvalue weighted by molar-refractivity contribution is 5.92. The van der Waals surface area contributed by atoms with E-state index in [1.807, 2.05) is 19.1 Å². The number of methoxy groups -OCH3 is 2. The number of furan rings is 1. The number of rotatable bonds is 5. The van der Waals surface area contributed by atoms with Crippen molar-refractivity contribution in [2.45, 2.75) is 13.5 Å². The normalized spacial score (nSPS) is 10.2. The summed E-state index contributed by atoms with van der Waals surface area (Å²) in [4.78, 5) is 12.0. The quantitative estimate of drug-likeness (QED) is 0.911. The Morgan fingerprint density at radius 3 is 2.65 bits per heavy atom. The number of hydrogen-bond donors (Lipinski definition) is 1. The molecule has 0 aliphatic carbocycles. The minimum atomic E-state index is -0.252. The van der Waals surface area contributed by atoms with Crippen LogP contribution in [0.1, 0.15) is 21.7 Å². The summed E-state index contributed by atoms with van der Waals surface area (Å²) in [5, 5.41) is 2.80. The van der Waals surface area contributed by atoms with E-state index in [0.717, 1.165) is 11.1 Å². The van der Waals surface area contributed by atoms with Crippen LogP contribution >= 0.6 is 0 Å². The second-order valence-electron chi connectivity index (χ2n) is 4.27. The highest BCUT2D eigenvalue weighted by Crippen LogP contribution is 2.30. The second-order valence-corrected chi connectivity index (χ2v) is 4.27. The molecule has 1 amide bonds. The van der Waals surface area contributed by atoms with Crippen LogP contribution in [0.25, 0.3) is 0 Å². The third-order valence-corrected chi connectivity index (χ3v) is 2.99. The Morgan fingerprint density at radius 2 is 2.05 bits per heavy atom. The summed E-state index contributed by atoms with van der Waals surface area (Å²) in [6, 6.07) is 7.28. The van der Waals surface area contributed by atoms with Crippen molar-refractivity contribution in [2.24, 2.45) is 0 Å². The number of benzene rings is 1. The maximum atomic E-state index is 12.0. The first-order chi connectivity index (χ1) is 9.67. The van der Waals surface area contributed by atoms with Gasteiger partial charge in [-0.2, -0.15) is 0 Å². The zero-order valence-electron chi connectivity index (χ0n) is 11.7. The summed E-state index contributed by atoms with van der Waals surface area (Å²) in [6.45, 7) is 2.16. The summed E-state index contributed by atoms with van der Waals surface area (Å²) >= 11 is 0. The fraction of sp³-hybridized carbons (Fsp3) is 0.267. The van der Waals surface area contributed by atoms with Gasteiger partial charge in [-0.1, -0.05) is 12.1 Å². The molecule has 0 bridgehead atoms. The van der Waals surface area contributed by atoms with Crippen LogP contribution in [0, 0.1) is 6.92 Å². The Hall–Kier alpha value is -2.43. The zero-order valence-corrected chi connectivity index (χ0v) is 11.7. The highest BCUT2D eigenvalue weighted by atomic mass is 16.5. The molecular formula is C15H17NO4. The van der Waals surface area contributed by atoms with Crippen LogP contribution in [-0.4, -0.2) is 20.1 Å². The predicted octanol–water partition coefficient (Wildman–Crippen LogP) is 2.54. The van der Waals surface area contributed by atoms with Crippen LogP contribution in [0.5, 0.6) is 11.5 Å². The van der Waals surface area contributed by atoms with Gasteiger partial charge in [0.25, 0.3) is 5.91 Å². The van der Waals surface area contributed by atoms with Crippen molar-refractivity contribution in [3.8, 4) is 11.5 Å². The third kappa shape index (κ3) is 2.77. The number of nitrogens with one attached hydrogen (secondary N) is 1. The van der Waals surface area contributed by atoms with E-state index in [1.54, 1.807) is 26.4 Å². The maximum absolute atomic E-state index is 12.0. The molecule has 1 N–H and O–H groups in total. The molecule has 2 rings (SSSR count). The molecule has 5 nitrogen and oxygen atoms in total. The van der Waals surface area contributed by atoms with E-state index >= 15 is 0 Å². The molecule has 20 heavy (non-hydrogen) atoms. The Labute approximate surface area is 117 Å². The molecule has 0 atom stereocenters. The first kappa shape index (κ1) is 14.0. The molecule has 2 aromatic rings. The van der Waals surface area contributed by atoms with Gasteiger partial charge < -0.3 is 19.2 Å². The van der Waals surface area contributed by atoms with Crippen molar-refractivity contribution >= 4 is 5.91 Å². The van der Waals surface area contributed by atoms with Gasteiger partial charge in [0.05, 0.1) is 20.5 Å². The Kier molecular flexibility index (Phi) is 4.30. The molecule has 1 aromatic carbocycles. The Bertz CT molecular complexity index is 604. The van der Waals surface area contributed by atoms with Gasteiger partial charge >= 0.3 is 0 Å². The molecule has 0 aliphatic heterocycles. The maximum Gasteiger partial charge on any atom is 0.287 e. The summed E-state index contributed by atoms with van der Waals surface area (Å²) in [7, 11) is 3.15. The lowest BCUT2D eigenvalue weighted by atomic mass is 10.1. The Balaban J connectivity index is 2.12. The van der Waals surface area contributed by atoms with Crippen molar-refractivity contribution in [1.29, 1.82) is 0 Å². The van der Waals surface area contributed by atoms with Gasteiger partial charge in [0.15, 0.2) is 17.3 Å². The van der Waals surface area contributed by atoms with Gasteiger partial charge in [0.1, 0.15) is 0 Å². The number of amides is 1. The molecular weight excluding hydrogens is 258 g/mol. The molecule has 1 heterocycles. The van der Waals surface area contributed by atoms with E-state index < -0.39 is 0 Å². The highest BCUT2D eigenvalue weighted by Gasteiger charge is 2.14. The topological polar surface area (TPSA) is 60.7 Å². The molecule has 5 heteroatoms. The van der Waals surface area contributed by atoms with E-state index in [-0.39, 0.29) is 5.91 Å². The first-order valence-electron chi connectivity index (χ1n) is 6.19. The van der Waals surface area contributed by atoms with Gasteiger partial charge in [-0.25, -0.2) is 0 Å². The lowest BCUT2D eigenvalue weighted by Gasteiger charge is -2.12. The molecule has 0 saturated carbocycles. The number of para-hydroxylation sites is 1. The lowest BCUT2D eigenvalue weighted by Crippen LogP contribution is -2.23. The van der Waals surface area contributed by atoms with E-state index in [9.17, 15) is 4.79 Å². The number of carbonyl (C=O) groups excluding carboxylic acids is 1. The fourth-order valence-corrected chi connectivity index (χ4v) is 1.95. The molecule has 0 spiro atoms. The van der Waals surface area contributed by atoms with E-state index in [0.29, 0.717) is 23.8 Å². The van der Waals surface area contributed by atoms with Gasteiger partial charge in [-0.05, 0) is 19.1 Å². The first-order valence-corrected chi connectivity index (χ1v) is 6.19. The molecule has 0 saturated heterocycles. The molecule has 0 unspecified atom stereocenters. The summed E-state index contributed by atoms with van der Waals surface area (Å²) in [5.41, 5.74) is 1.64. The minimum absolute atomic E-state index is 0.252. The van der Waals surface area contributed by atoms with Gasteiger partial charge in [0.2, 0.25) is 0 Å². The van der Waals surface area contributed by atoms with E-state index in [4.69, 9.17) is 13.9 Å². The lowest BCUT2D eigenvalue weighted by molar-refractivity contribution is 0.0922. The van der Waals surface area contributed by atoms with Crippen molar-refractivity contribution < 1.29 is 18.7 Å². The van der Waals surface area contributed by atoms with Crippen LogP contribution in [0.2, 0.25) is 0 Å². The fourth-order valence-electron chi connectivity index (χ4n) is 1.95. The standard InChI is InChI=1S/C15H17NO4/c1-10-7-8-20-13(10)15(17)16-9-11-5-4-6-12(18-2)14(11)19-3/h4-8H,9H2,1-3H3,(H,16,17). The molecule has 0 fully saturated rings. The number of aryl methyl sites for hydroxylation is 1. The Morgan fingerprint density at radius 1 is 1.25 bits per heavy atom. The third-order valence-electron chi connectivity index (χ3n) is 2.99. The van der Waals surface area contributed by atoms with Crippen molar-refractivity contribution in [3.63, 3.8) is 0 Å². The van der Waals surface area contributed by atoms with Gasteiger partial charge in [-0.15, -0.1) is 0 Å². The van der Waals surface area contributed by atoms with Crippen molar-refractivity contribution in [1.82, 2.24) is 5.32 Å². The monoisotopic (exact) mass is 275 g/mol. The summed E-state index contributed by atoms with van der Waals surface area (Å²) in [6.07, 6.45) is 1.50. The van der Waals surface area contributed by atoms with Crippen molar-refractivity contribution in [3.05, 3.63) is 47.4 Å². The van der Waals surface area contributed by atoms with Gasteiger partial charge in [-0.3, -0.25) is 4.79 Å². The van der Waals surface area contributed by atoms with Crippen LogP contribution in [0.3, 0.4) is 0 Å². The van der Waals surface area contributed by atoms with E-state index in [2.05, 4.69) is 5.32 Å². The number of ether oxygens (including phenoxy) is 2. The largest absolute Gasteiger partial charge is 0.493 e. The average molecular weight is 275 g/mol. The zero-order chi connectivity index (χ0) is 14.5. The van der Waals surface area contributed by atoms with Gasteiger partial charge in [0, 0.05) is 17.7 Å². The number of carbonyl (C=O) groups is 1. The van der Waals surface area contributed by atoms with Crippen LogP contribution < -0.4 is 14.8 Å². The van der Waals surface area contributed by atoms with Crippen molar-refractivity contribution in [2.75, 3.05) is 14.2 Å². The summed E-state index contributed by atoms with van der Waals surface area (Å²) < 4.78 is 15.7. The van der Waals surface area contributed by atoms with Crippen LogP contribution in [-0.2, 0) is 6.54 Å². The smallest absolute Gasteiger partial charge is 0.287 e. The molecule has 0 aliphatic rings. The van der Waals surface area contributed by atoms with Crippen LogP contribution in [0.15, 0.2) is 34.9 Å². The van der Waals surface area contributed by atoms with Crippen LogP contribution in [0.4, 0.5) is 0 Å².